The Morgan fingerprint density at radius 3 is 2.58 bits per heavy atom. The zero-order valence-corrected chi connectivity index (χ0v) is 15.3. The van der Waals surface area contributed by atoms with Gasteiger partial charge in [-0.05, 0) is 36.6 Å². The van der Waals surface area contributed by atoms with Crippen LogP contribution in [0.5, 0.6) is 0 Å². The van der Waals surface area contributed by atoms with Crippen LogP contribution in [0.15, 0.2) is 48.7 Å². The number of hydrogen-bond donors (Lipinski definition) is 2. The van der Waals surface area contributed by atoms with Crippen LogP contribution in [-0.4, -0.2) is 21.9 Å². The summed E-state index contributed by atoms with van der Waals surface area (Å²) in [5.74, 6) is 0.516. The number of carbonyl (C=O) groups is 1. The molecule has 0 spiro atoms. The lowest BCUT2D eigenvalue weighted by Crippen LogP contribution is -2.38. The number of nitrogens with zero attached hydrogens (tertiary/aromatic N) is 1. The van der Waals surface area contributed by atoms with E-state index in [0.717, 1.165) is 40.2 Å². The number of amides is 1. The standard InChI is InChI=1S/C22H23N3O/c1-13(2)15-4-6-16(7-5-15)19-11-17(8-9-23-19)20-12-18-21(25-20)10-14(3)24-22(18)26/h4-9,11-14,25H,10H2,1-3H3,(H,24,26). The molecule has 0 saturated carbocycles. The molecule has 0 fully saturated rings. The zero-order chi connectivity index (χ0) is 18.3. The number of nitrogens with one attached hydrogen (secondary N) is 2. The number of rotatable bonds is 3. The lowest BCUT2D eigenvalue weighted by atomic mass is 10.00. The van der Waals surface area contributed by atoms with Crippen molar-refractivity contribution in [1.82, 2.24) is 15.3 Å². The third-order valence-electron chi connectivity index (χ3n) is 4.98. The summed E-state index contributed by atoms with van der Waals surface area (Å²) < 4.78 is 0. The van der Waals surface area contributed by atoms with Crippen molar-refractivity contribution < 1.29 is 4.79 Å². The molecule has 0 saturated heterocycles. The summed E-state index contributed by atoms with van der Waals surface area (Å²) in [5, 5.41) is 2.98. The smallest absolute Gasteiger partial charge is 0.253 e. The maximum Gasteiger partial charge on any atom is 0.253 e. The lowest BCUT2D eigenvalue weighted by Gasteiger charge is -2.19. The molecule has 1 aliphatic heterocycles. The molecule has 1 aliphatic rings. The Bertz CT molecular complexity index is 954. The first-order chi connectivity index (χ1) is 12.5. The minimum atomic E-state index is -0.000182. The van der Waals surface area contributed by atoms with Crippen molar-refractivity contribution in [3.05, 3.63) is 65.5 Å². The van der Waals surface area contributed by atoms with E-state index < -0.39 is 0 Å². The summed E-state index contributed by atoms with van der Waals surface area (Å²) in [6, 6.07) is 14.7. The van der Waals surface area contributed by atoms with Crippen molar-refractivity contribution in [2.75, 3.05) is 0 Å². The normalized spacial score (nSPS) is 16.5. The second-order valence-electron chi connectivity index (χ2n) is 7.36. The molecule has 1 unspecified atom stereocenters. The molecule has 1 atom stereocenters. The first-order valence-electron chi connectivity index (χ1n) is 9.11. The Kier molecular flexibility index (Phi) is 4.11. The molecule has 3 aromatic rings. The highest BCUT2D eigenvalue weighted by Gasteiger charge is 2.24. The van der Waals surface area contributed by atoms with Gasteiger partial charge in [0.15, 0.2) is 0 Å². The van der Waals surface area contributed by atoms with Crippen molar-refractivity contribution in [2.45, 2.75) is 39.2 Å². The van der Waals surface area contributed by atoms with Gasteiger partial charge in [0, 0.05) is 41.2 Å². The largest absolute Gasteiger partial charge is 0.358 e. The maximum absolute atomic E-state index is 12.2. The maximum atomic E-state index is 12.2. The molecule has 4 heteroatoms. The molecule has 1 amide bonds. The number of pyridine rings is 1. The summed E-state index contributed by atoms with van der Waals surface area (Å²) in [4.78, 5) is 20.1. The number of aromatic amines is 1. The van der Waals surface area contributed by atoms with E-state index in [9.17, 15) is 4.79 Å². The van der Waals surface area contributed by atoms with Gasteiger partial charge in [0.2, 0.25) is 0 Å². The molecule has 0 bridgehead atoms. The minimum absolute atomic E-state index is 0.000182. The van der Waals surface area contributed by atoms with Gasteiger partial charge < -0.3 is 10.3 Å². The summed E-state index contributed by atoms with van der Waals surface area (Å²) in [6.07, 6.45) is 2.65. The van der Waals surface area contributed by atoms with Gasteiger partial charge in [-0.15, -0.1) is 0 Å². The molecule has 2 aromatic heterocycles. The van der Waals surface area contributed by atoms with Gasteiger partial charge in [-0.3, -0.25) is 9.78 Å². The Morgan fingerprint density at radius 2 is 1.85 bits per heavy atom. The Hall–Kier alpha value is -2.88. The van der Waals surface area contributed by atoms with Gasteiger partial charge in [0.05, 0.1) is 11.3 Å². The zero-order valence-electron chi connectivity index (χ0n) is 15.3. The fraction of sp³-hybridized carbons (Fsp3) is 0.273. The number of fused-ring (bicyclic) bond motifs is 1. The fourth-order valence-electron chi connectivity index (χ4n) is 3.47. The third kappa shape index (κ3) is 3.03. The van der Waals surface area contributed by atoms with Gasteiger partial charge >= 0.3 is 0 Å². The first-order valence-corrected chi connectivity index (χ1v) is 9.11. The van der Waals surface area contributed by atoms with Gasteiger partial charge in [-0.1, -0.05) is 38.1 Å². The quantitative estimate of drug-likeness (QED) is 0.732. The second kappa shape index (κ2) is 6.45. The van der Waals surface area contributed by atoms with Crippen molar-refractivity contribution in [1.29, 1.82) is 0 Å². The van der Waals surface area contributed by atoms with Crippen LogP contribution in [0.4, 0.5) is 0 Å². The van der Waals surface area contributed by atoms with Crippen LogP contribution < -0.4 is 5.32 Å². The van der Waals surface area contributed by atoms with E-state index in [1.807, 2.05) is 25.3 Å². The lowest BCUT2D eigenvalue weighted by molar-refractivity contribution is 0.0929. The molecular formula is C22H23N3O. The second-order valence-corrected chi connectivity index (χ2v) is 7.36. The minimum Gasteiger partial charge on any atom is -0.358 e. The number of hydrogen-bond acceptors (Lipinski definition) is 2. The van der Waals surface area contributed by atoms with Crippen LogP contribution in [0.25, 0.3) is 22.5 Å². The van der Waals surface area contributed by atoms with Crippen molar-refractivity contribution in [2.24, 2.45) is 0 Å². The number of H-pyrrole nitrogens is 1. The van der Waals surface area contributed by atoms with E-state index in [2.05, 4.69) is 59.5 Å². The monoisotopic (exact) mass is 345 g/mol. The summed E-state index contributed by atoms with van der Waals surface area (Å²) in [5.41, 5.74) is 7.11. The van der Waals surface area contributed by atoms with E-state index in [1.165, 1.54) is 5.56 Å². The summed E-state index contributed by atoms with van der Waals surface area (Å²) >= 11 is 0. The molecule has 2 N–H and O–H groups in total. The van der Waals surface area contributed by atoms with Gasteiger partial charge in [0.1, 0.15) is 0 Å². The SMILES string of the molecule is CC1Cc2[nH]c(-c3ccnc(-c4ccc(C(C)C)cc4)c3)cc2C(=O)N1. The van der Waals surface area contributed by atoms with Crippen LogP contribution in [0.1, 0.15) is 48.3 Å². The van der Waals surface area contributed by atoms with Crippen LogP contribution >= 0.6 is 0 Å². The molecule has 26 heavy (non-hydrogen) atoms. The van der Waals surface area contributed by atoms with Gasteiger partial charge in [-0.25, -0.2) is 0 Å². The average molecular weight is 345 g/mol. The van der Waals surface area contributed by atoms with E-state index in [-0.39, 0.29) is 11.9 Å². The summed E-state index contributed by atoms with van der Waals surface area (Å²) in [7, 11) is 0. The van der Waals surface area contributed by atoms with Crippen LogP contribution in [0.3, 0.4) is 0 Å². The average Bonchev–Trinajstić information content (AvgIpc) is 3.06. The van der Waals surface area contributed by atoms with E-state index >= 15 is 0 Å². The number of carbonyl (C=O) groups excluding carboxylic acids is 1. The summed E-state index contributed by atoms with van der Waals surface area (Å²) in [6.45, 7) is 6.41. The van der Waals surface area contributed by atoms with Crippen molar-refractivity contribution >= 4 is 5.91 Å². The molecule has 4 nitrogen and oxygen atoms in total. The van der Waals surface area contributed by atoms with Crippen LogP contribution in [0, 0.1) is 0 Å². The number of aromatic nitrogens is 2. The van der Waals surface area contributed by atoms with Crippen LogP contribution in [0.2, 0.25) is 0 Å². The van der Waals surface area contributed by atoms with Gasteiger partial charge in [0.25, 0.3) is 5.91 Å². The van der Waals surface area contributed by atoms with E-state index in [4.69, 9.17) is 0 Å². The van der Waals surface area contributed by atoms with Crippen molar-refractivity contribution in [3.63, 3.8) is 0 Å². The highest BCUT2D eigenvalue weighted by Crippen LogP contribution is 2.28. The van der Waals surface area contributed by atoms with Crippen LogP contribution in [-0.2, 0) is 6.42 Å². The molecule has 0 aliphatic carbocycles. The predicted molar refractivity (Wildman–Crippen MR) is 104 cm³/mol. The van der Waals surface area contributed by atoms with Crippen molar-refractivity contribution in [3.8, 4) is 22.5 Å². The molecule has 3 heterocycles. The molecule has 0 radical (unpaired) electrons. The predicted octanol–water partition coefficient (Wildman–Crippen LogP) is 4.54. The molecule has 1 aromatic carbocycles. The van der Waals surface area contributed by atoms with E-state index in [0.29, 0.717) is 5.92 Å². The Morgan fingerprint density at radius 1 is 1.08 bits per heavy atom. The molecule has 132 valence electrons. The third-order valence-corrected chi connectivity index (χ3v) is 4.98. The highest BCUT2D eigenvalue weighted by atomic mass is 16.1. The number of benzene rings is 1. The van der Waals surface area contributed by atoms with Gasteiger partial charge in [-0.2, -0.15) is 0 Å². The Labute approximate surface area is 153 Å². The first kappa shape index (κ1) is 16.6. The fourth-order valence-corrected chi connectivity index (χ4v) is 3.47. The topological polar surface area (TPSA) is 57.8 Å². The molecular weight excluding hydrogens is 322 g/mol. The molecule has 4 rings (SSSR count). The highest BCUT2D eigenvalue weighted by molar-refractivity contribution is 5.98. The Balaban J connectivity index is 1.68. The van der Waals surface area contributed by atoms with E-state index in [1.54, 1.807) is 0 Å².